The number of carbonyl (C=O) groups excluding carboxylic acids is 1. The Morgan fingerprint density at radius 1 is 1.60 bits per heavy atom. The number of carbonyl (C=O) groups is 1. The molecule has 0 radical (unpaired) electrons. The van der Waals surface area contributed by atoms with Crippen molar-refractivity contribution in [1.29, 1.82) is 0 Å². The van der Waals surface area contributed by atoms with Crippen LogP contribution in [-0.2, 0) is 9.53 Å². The van der Waals surface area contributed by atoms with Gasteiger partial charge in [0.05, 0.1) is 13.3 Å². The molecule has 0 aromatic carbocycles. The highest BCUT2D eigenvalue weighted by Gasteiger charge is 2.20. The first-order chi connectivity index (χ1) is 7.24. The number of nitrogens with two attached hydrogens (primary N) is 1. The Kier molecular flexibility index (Phi) is 2.34. The number of hydrogen-bond acceptors (Lipinski definition) is 6. The number of pyridine rings is 1. The molecule has 2 aromatic rings. The van der Waals surface area contributed by atoms with Gasteiger partial charge in [-0.25, -0.2) is 4.98 Å². The van der Waals surface area contributed by atoms with E-state index in [9.17, 15) is 4.79 Å². The molecule has 6 nitrogen and oxygen atoms in total. The van der Waals surface area contributed by atoms with Crippen LogP contribution in [0, 0.1) is 0 Å². The van der Waals surface area contributed by atoms with Crippen LogP contribution in [0.4, 0.5) is 0 Å². The molecule has 1 unspecified atom stereocenters. The zero-order valence-electron chi connectivity index (χ0n) is 8.01. The molecule has 0 spiro atoms. The molecule has 0 aliphatic heterocycles. The third kappa shape index (κ3) is 1.55. The summed E-state index contributed by atoms with van der Waals surface area (Å²) in [6, 6.07) is -0.892. The lowest BCUT2D eigenvalue weighted by molar-refractivity contribution is -0.142. The van der Waals surface area contributed by atoms with Gasteiger partial charge >= 0.3 is 5.97 Å². The molecule has 0 saturated heterocycles. The molecule has 2 N–H and O–H groups in total. The first kappa shape index (κ1) is 9.60. The quantitative estimate of drug-likeness (QED) is 0.716. The van der Waals surface area contributed by atoms with Crippen LogP contribution in [-0.4, -0.2) is 23.0 Å². The van der Waals surface area contributed by atoms with Crippen LogP contribution >= 0.6 is 0 Å². The van der Waals surface area contributed by atoms with Gasteiger partial charge in [-0.15, -0.1) is 0 Å². The average molecular weight is 207 g/mol. The van der Waals surface area contributed by atoms with E-state index in [1.54, 1.807) is 0 Å². The first-order valence-corrected chi connectivity index (χ1v) is 4.24. The molecule has 2 heterocycles. The van der Waals surface area contributed by atoms with Crippen LogP contribution in [0.2, 0.25) is 0 Å². The monoisotopic (exact) mass is 207 g/mol. The van der Waals surface area contributed by atoms with Gasteiger partial charge in [0.25, 0.3) is 0 Å². The van der Waals surface area contributed by atoms with Crippen molar-refractivity contribution in [3.63, 3.8) is 0 Å². The minimum atomic E-state index is -0.892. The molecule has 0 aliphatic carbocycles. The van der Waals surface area contributed by atoms with Crippen LogP contribution < -0.4 is 5.73 Å². The molecule has 0 aliphatic rings. The topological polar surface area (TPSA) is 91.2 Å². The molecule has 78 valence electrons. The Bertz CT molecular complexity index is 494. The van der Waals surface area contributed by atoms with E-state index < -0.39 is 12.0 Å². The number of hydrogen-bond donors (Lipinski definition) is 1. The minimum Gasteiger partial charge on any atom is -0.468 e. The molecule has 0 bridgehead atoms. The van der Waals surface area contributed by atoms with Crippen LogP contribution in [0.15, 0.2) is 23.2 Å². The molecule has 0 amide bonds. The van der Waals surface area contributed by atoms with Gasteiger partial charge < -0.3 is 14.9 Å². The van der Waals surface area contributed by atoms with Gasteiger partial charge in [-0.1, -0.05) is 0 Å². The summed E-state index contributed by atoms with van der Waals surface area (Å²) in [6.07, 6.45) is 4.27. The summed E-state index contributed by atoms with van der Waals surface area (Å²) in [6.45, 7) is 0. The van der Waals surface area contributed by atoms with Crippen molar-refractivity contribution in [3.05, 3.63) is 24.4 Å². The fourth-order valence-corrected chi connectivity index (χ4v) is 1.29. The number of nitrogens with zero attached hydrogens (tertiary/aromatic N) is 2. The van der Waals surface area contributed by atoms with Gasteiger partial charge in [0, 0.05) is 11.8 Å². The fourth-order valence-electron chi connectivity index (χ4n) is 1.29. The standard InChI is InChI=1S/C9H9N3O3/c1-14-9(13)7(10)5-2-11-3-6-8(5)12-4-15-6/h2-4,7H,10H2,1H3. The normalized spacial score (nSPS) is 12.7. The molecule has 1 atom stereocenters. The summed E-state index contributed by atoms with van der Waals surface area (Å²) in [7, 11) is 1.28. The van der Waals surface area contributed by atoms with Crippen molar-refractivity contribution in [2.24, 2.45) is 5.73 Å². The number of rotatable bonds is 2. The van der Waals surface area contributed by atoms with Crippen molar-refractivity contribution >= 4 is 17.1 Å². The maximum absolute atomic E-state index is 11.2. The molecule has 6 heteroatoms. The molecule has 15 heavy (non-hydrogen) atoms. The van der Waals surface area contributed by atoms with Crippen molar-refractivity contribution in [3.8, 4) is 0 Å². The van der Waals surface area contributed by atoms with Gasteiger partial charge in [0.15, 0.2) is 12.0 Å². The average Bonchev–Trinajstić information content (AvgIpc) is 2.74. The van der Waals surface area contributed by atoms with E-state index in [1.165, 1.54) is 25.9 Å². The van der Waals surface area contributed by atoms with Gasteiger partial charge in [0.1, 0.15) is 11.6 Å². The molecule has 0 saturated carbocycles. The third-order valence-corrected chi connectivity index (χ3v) is 2.06. The van der Waals surface area contributed by atoms with Crippen LogP contribution in [0.25, 0.3) is 11.1 Å². The number of esters is 1. The van der Waals surface area contributed by atoms with Gasteiger partial charge in [-0.3, -0.25) is 9.78 Å². The third-order valence-electron chi connectivity index (χ3n) is 2.06. The number of methoxy groups -OCH3 is 1. The second-order valence-electron chi connectivity index (χ2n) is 2.93. The molecular weight excluding hydrogens is 198 g/mol. The number of aromatic nitrogens is 2. The first-order valence-electron chi connectivity index (χ1n) is 4.24. The maximum atomic E-state index is 11.2. The van der Waals surface area contributed by atoms with Gasteiger partial charge in [0.2, 0.25) is 0 Å². The summed E-state index contributed by atoms with van der Waals surface area (Å²) in [5, 5.41) is 0. The highest BCUT2D eigenvalue weighted by atomic mass is 16.5. The summed E-state index contributed by atoms with van der Waals surface area (Å²) < 4.78 is 9.58. The Hall–Kier alpha value is -1.95. The van der Waals surface area contributed by atoms with E-state index in [0.717, 1.165) is 0 Å². The van der Waals surface area contributed by atoms with Crippen molar-refractivity contribution in [1.82, 2.24) is 9.97 Å². The van der Waals surface area contributed by atoms with E-state index in [-0.39, 0.29) is 0 Å². The zero-order valence-corrected chi connectivity index (χ0v) is 8.01. The highest BCUT2D eigenvalue weighted by molar-refractivity contribution is 5.84. The van der Waals surface area contributed by atoms with Gasteiger partial charge in [-0.05, 0) is 0 Å². The smallest absolute Gasteiger partial charge is 0.327 e. The fraction of sp³-hybridized carbons (Fsp3) is 0.222. The zero-order chi connectivity index (χ0) is 10.8. The van der Waals surface area contributed by atoms with E-state index in [4.69, 9.17) is 10.2 Å². The van der Waals surface area contributed by atoms with E-state index in [1.807, 2.05) is 0 Å². The Labute approximate surface area is 85.1 Å². The molecule has 2 aromatic heterocycles. The minimum absolute atomic E-state index is 0.492. The van der Waals surface area contributed by atoms with E-state index >= 15 is 0 Å². The predicted molar refractivity (Wildman–Crippen MR) is 50.7 cm³/mol. The Morgan fingerprint density at radius 3 is 3.13 bits per heavy atom. The maximum Gasteiger partial charge on any atom is 0.327 e. The molecular formula is C9H9N3O3. The lowest BCUT2D eigenvalue weighted by Gasteiger charge is -2.08. The lowest BCUT2D eigenvalue weighted by atomic mass is 10.1. The van der Waals surface area contributed by atoms with Crippen LogP contribution in [0.5, 0.6) is 0 Å². The summed E-state index contributed by atoms with van der Waals surface area (Å²) >= 11 is 0. The largest absolute Gasteiger partial charge is 0.468 e. The predicted octanol–water partition coefficient (Wildman–Crippen LogP) is 0.396. The Morgan fingerprint density at radius 2 is 2.40 bits per heavy atom. The van der Waals surface area contributed by atoms with Crippen molar-refractivity contribution in [2.45, 2.75) is 6.04 Å². The molecule has 0 fully saturated rings. The SMILES string of the molecule is COC(=O)C(N)c1cncc2ocnc12. The number of fused-ring (bicyclic) bond motifs is 1. The summed E-state index contributed by atoms with van der Waals surface area (Å²) in [5.41, 5.74) is 7.19. The van der Waals surface area contributed by atoms with Crippen molar-refractivity contribution in [2.75, 3.05) is 7.11 Å². The van der Waals surface area contributed by atoms with Crippen molar-refractivity contribution < 1.29 is 13.9 Å². The second-order valence-corrected chi connectivity index (χ2v) is 2.93. The van der Waals surface area contributed by atoms with Crippen LogP contribution in [0.3, 0.4) is 0 Å². The summed E-state index contributed by atoms with van der Waals surface area (Å²) in [4.78, 5) is 19.1. The Balaban J connectivity index is 2.51. The van der Waals surface area contributed by atoms with Gasteiger partial charge in [-0.2, -0.15) is 0 Å². The number of ether oxygens (including phenoxy) is 1. The van der Waals surface area contributed by atoms with E-state index in [0.29, 0.717) is 16.7 Å². The number of oxazole rings is 1. The highest BCUT2D eigenvalue weighted by Crippen LogP contribution is 2.20. The lowest BCUT2D eigenvalue weighted by Crippen LogP contribution is -2.23. The second kappa shape index (κ2) is 3.66. The summed E-state index contributed by atoms with van der Waals surface area (Å²) in [5.74, 6) is -0.535. The van der Waals surface area contributed by atoms with Crippen LogP contribution in [0.1, 0.15) is 11.6 Å². The molecule has 2 rings (SSSR count). The van der Waals surface area contributed by atoms with E-state index in [2.05, 4.69) is 14.7 Å².